The van der Waals surface area contributed by atoms with Crippen LogP contribution in [0.25, 0.3) is 11.1 Å². The molecule has 2 aromatic rings. The van der Waals surface area contributed by atoms with Crippen LogP contribution in [0.15, 0.2) is 30.6 Å². The lowest BCUT2D eigenvalue weighted by Crippen LogP contribution is -2.06. The summed E-state index contributed by atoms with van der Waals surface area (Å²) in [5, 5.41) is 18.8. The van der Waals surface area contributed by atoms with E-state index >= 15 is 0 Å². The van der Waals surface area contributed by atoms with E-state index in [1.165, 1.54) is 24.5 Å². The fraction of sp³-hybridized carbons (Fsp3) is 0.125. The first-order valence-corrected chi connectivity index (χ1v) is 6.09. The Morgan fingerprint density at radius 1 is 1.14 bits per heavy atom. The van der Waals surface area contributed by atoms with E-state index in [1.54, 1.807) is 13.0 Å². The molecule has 0 bridgehead atoms. The third-order valence-corrected chi connectivity index (χ3v) is 2.86. The number of aromatic nitrogens is 1. The Morgan fingerprint density at radius 3 is 2.45 bits per heavy atom. The molecule has 3 nitrogen and oxygen atoms in total. The number of aromatic hydroxyl groups is 1. The van der Waals surface area contributed by atoms with Gasteiger partial charge in [0.25, 0.3) is 0 Å². The zero-order valence-electron chi connectivity index (χ0n) is 11.4. The zero-order chi connectivity index (χ0) is 16.3. The topological polar surface area (TPSA) is 56.9 Å². The fourth-order valence-corrected chi connectivity index (χ4v) is 1.94. The van der Waals surface area contributed by atoms with Crippen molar-refractivity contribution >= 4 is 0 Å². The van der Waals surface area contributed by atoms with Crippen molar-refractivity contribution in [1.29, 1.82) is 5.26 Å². The van der Waals surface area contributed by atoms with Gasteiger partial charge in [-0.15, -0.1) is 5.92 Å². The van der Waals surface area contributed by atoms with Crippen LogP contribution in [-0.2, 0) is 6.18 Å². The second-order valence-electron chi connectivity index (χ2n) is 4.37. The molecule has 0 aliphatic rings. The van der Waals surface area contributed by atoms with Crippen LogP contribution in [0.3, 0.4) is 0 Å². The number of nitrogens with zero attached hydrogens (tertiary/aromatic N) is 2. The van der Waals surface area contributed by atoms with Crippen molar-refractivity contribution in [3.63, 3.8) is 0 Å². The minimum absolute atomic E-state index is 0.112. The van der Waals surface area contributed by atoms with Gasteiger partial charge in [0.2, 0.25) is 0 Å². The Hall–Kier alpha value is -2.99. The molecule has 0 fully saturated rings. The second-order valence-corrected chi connectivity index (χ2v) is 4.37. The summed E-state index contributed by atoms with van der Waals surface area (Å²) in [5.41, 5.74) is -0.824. The summed E-state index contributed by atoms with van der Waals surface area (Å²) in [5.74, 6) is 4.44. The summed E-state index contributed by atoms with van der Waals surface area (Å²) in [6, 6.07) is 4.96. The standard InChI is InChI=1S/C16H9F3N2O/c1-2-3-10-4-12(9-21-8-10)13-5-11(7-20)6-14(15(13)22)16(17,18)19/h4-6,8-9,22H,1H3. The van der Waals surface area contributed by atoms with E-state index in [0.29, 0.717) is 11.6 Å². The zero-order valence-corrected chi connectivity index (χ0v) is 11.4. The van der Waals surface area contributed by atoms with Gasteiger partial charge in [0.15, 0.2) is 0 Å². The van der Waals surface area contributed by atoms with Crippen LogP contribution >= 0.6 is 0 Å². The summed E-state index contributed by atoms with van der Waals surface area (Å²) >= 11 is 0. The summed E-state index contributed by atoms with van der Waals surface area (Å²) in [6.45, 7) is 1.61. The molecule has 0 radical (unpaired) electrons. The number of halogens is 3. The third-order valence-electron chi connectivity index (χ3n) is 2.86. The van der Waals surface area contributed by atoms with E-state index in [2.05, 4.69) is 16.8 Å². The van der Waals surface area contributed by atoms with Gasteiger partial charge in [-0.1, -0.05) is 5.92 Å². The maximum absolute atomic E-state index is 13.0. The lowest BCUT2D eigenvalue weighted by atomic mass is 9.98. The number of phenolic OH excluding ortho intramolecular Hbond substituents is 1. The van der Waals surface area contributed by atoms with Crippen LogP contribution in [0.4, 0.5) is 13.2 Å². The first-order valence-electron chi connectivity index (χ1n) is 6.09. The average molecular weight is 302 g/mol. The lowest BCUT2D eigenvalue weighted by Gasteiger charge is -2.13. The highest BCUT2D eigenvalue weighted by Crippen LogP contribution is 2.42. The maximum Gasteiger partial charge on any atom is 0.420 e. The van der Waals surface area contributed by atoms with Gasteiger partial charge in [0.1, 0.15) is 5.75 Å². The van der Waals surface area contributed by atoms with Gasteiger partial charge in [-0.3, -0.25) is 4.98 Å². The largest absolute Gasteiger partial charge is 0.507 e. The van der Waals surface area contributed by atoms with E-state index < -0.39 is 17.5 Å². The Morgan fingerprint density at radius 2 is 1.86 bits per heavy atom. The number of alkyl halides is 3. The Labute approximate surface area is 124 Å². The highest BCUT2D eigenvalue weighted by Gasteiger charge is 2.35. The predicted octanol–water partition coefficient (Wildman–Crippen LogP) is 3.72. The molecule has 0 amide bonds. The number of hydrogen-bond acceptors (Lipinski definition) is 3. The molecule has 22 heavy (non-hydrogen) atoms. The molecule has 0 saturated carbocycles. The van der Waals surface area contributed by atoms with Gasteiger partial charge in [-0.05, 0) is 25.1 Å². The Kier molecular flexibility index (Phi) is 4.05. The molecular formula is C16H9F3N2O. The normalized spacial score (nSPS) is 10.5. The van der Waals surface area contributed by atoms with Gasteiger partial charge in [0, 0.05) is 29.1 Å². The summed E-state index contributed by atoms with van der Waals surface area (Å²) in [4.78, 5) is 3.89. The van der Waals surface area contributed by atoms with Crippen molar-refractivity contribution in [1.82, 2.24) is 4.98 Å². The molecule has 0 spiro atoms. The molecular weight excluding hydrogens is 293 g/mol. The van der Waals surface area contributed by atoms with Crippen LogP contribution in [0.2, 0.25) is 0 Å². The number of phenols is 1. The smallest absolute Gasteiger partial charge is 0.420 e. The molecule has 0 unspecified atom stereocenters. The molecule has 1 aromatic carbocycles. The van der Waals surface area contributed by atoms with Crippen molar-refractivity contribution < 1.29 is 18.3 Å². The van der Waals surface area contributed by atoms with Crippen LogP contribution in [-0.4, -0.2) is 10.1 Å². The van der Waals surface area contributed by atoms with E-state index in [-0.39, 0.29) is 16.7 Å². The average Bonchev–Trinajstić information content (AvgIpc) is 2.47. The van der Waals surface area contributed by atoms with Gasteiger partial charge in [-0.2, -0.15) is 18.4 Å². The minimum Gasteiger partial charge on any atom is -0.507 e. The number of hydrogen-bond donors (Lipinski definition) is 1. The highest BCUT2D eigenvalue weighted by molar-refractivity contribution is 5.74. The van der Waals surface area contributed by atoms with Crippen LogP contribution < -0.4 is 0 Å². The Bertz CT molecular complexity index is 824. The molecule has 6 heteroatoms. The number of rotatable bonds is 1. The van der Waals surface area contributed by atoms with E-state index in [4.69, 9.17) is 5.26 Å². The van der Waals surface area contributed by atoms with Gasteiger partial charge >= 0.3 is 6.18 Å². The first kappa shape index (κ1) is 15.4. The quantitative estimate of drug-likeness (QED) is 0.817. The van der Waals surface area contributed by atoms with E-state index in [9.17, 15) is 18.3 Å². The predicted molar refractivity (Wildman–Crippen MR) is 73.6 cm³/mol. The molecule has 0 aliphatic heterocycles. The van der Waals surface area contributed by atoms with Crippen LogP contribution in [0, 0.1) is 23.2 Å². The van der Waals surface area contributed by atoms with E-state index in [1.807, 2.05) is 0 Å². The van der Waals surface area contributed by atoms with Crippen molar-refractivity contribution in [2.45, 2.75) is 13.1 Å². The number of benzene rings is 1. The van der Waals surface area contributed by atoms with Crippen molar-refractivity contribution in [2.75, 3.05) is 0 Å². The molecule has 110 valence electrons. The summed E-state index contributed by atoms with van der Waals surface area (Å²) < 4.78 is 38.9. The molecule has 2 rings (SSSR count). The maximum atomic E-state index is 13.0. The van der Waals surface area contributed by atoms with Crippen LogP contribution in [0.1, 0.15) is 23.6 Å². The fourth-order valence-electron chi connectivity index (χ4n) is 1.94. The molecule has 1 heterocycles. The van der Waals surface area contributed by atoms with E-state index in [0.717, 1.165) is 0 Å². The van der Waals surface area contributed by atoms with Crippen molar-refractivity contribution in [3.05, 3.63) is 47.3 Å². The summed E-state index contributed by atoms with van der Waals surface area (Å²) in [7, 11) is 0. The summed E-state index contributed by atoms with van der Waals surface area (Å²) in [6.07, 6.45) is -2.01. The Balaban J connectivity index is 2.72. The van der Waals surface area contributed by atoms with Crippen molar-refractivity contribution in [2.24, 2.45) is 0 Å². The lowest BCUT2D eigenvalue weighted by molar-refractivity contribution is -0.138. The van der Waals surface area contributed by atoms with Gasteiger partial charge in [0.05, 0.1) is 17.2 Å². The van der Waals surface area contributed by atoms with Crippen LogP contribution in [0.5, 0.6) is 5.75 Å². The SMILES string of the molecule is CC#Cc1cncc(-c2cc(C#N)cc(C(F)(F)F)c2O)c1. The van der Waals surface area contributed by atoms with Gasteiger partial charge < -0.3 is 5.11 Å². The monoisotopic (exact) mass is 302 g/mol. The number of nitriles is 1. The van der Waals surface area contributed by atoms with Gasteiger partial charge in [-0.25, -0.2) is 0 Å². The second kappa shape index (κ2) is 5.79. The molecule has 0 aliphatic carbocycles. The van der Waals surface area contributed by atoms with Crippen molar-refractivity contribution in [3.8, 4) is 34.8 Å². The molecule has 0 atom stereocenters. The number of pyridine rings is 1. The highest BCUT2D eigenvalue weighted by atomic mass is 19.4. The third kappa shape index (κ3) is 3.02. The molecule has 1 aromatic heterocycles. The minimum atomic E-state index is -4.76. The molecule has 1 N–H and O–H groups in total. The first-order chi connectivity index (χ1) is 10.4. The molecule has 0 saturated heterocycles.